The molecule has 2 nitrogen and oxygen atoms in total. The van der Waals surface area contributed by atoms with Gasteiger partial charge < -0.3 is 3.07 Å². The second-order valence-electron chi connectivity index (χ2n) is 1.74. The molecule has 0 atom stereocenters. The Balaban J connectivity index is 2.69. The first-order valence-corrected chi connectivity index (χ1v) is 3.55. The molecule has 1 aromatic heterocycles. The van der Waals surface area contributed by atoms with Gasteiger partial charge in [0.05, 0.1) is 6.61 Å². The van der Waals surface area contributed by atoms with Gasteiger partial charge in [-0.15, -0.1) is 0 Å². The van der Waals surface area contributed by atoms with E-state index < -0.39 is 5.95 Å². The van der Waals surface area contributed by atoms with Crippen LogP contribution in [-0.2, 0) is 9.67 Å². The van der Waals surface area contributed by atoms with Gasteiger partial charge in [-0.3, -0.25) is 0 Å². The summed E-state index contributed by atoms with van der Waals surface area (Å²) < 4.78 is 16.9. The topological polar surface area (TPSA) is 22.1 Å². The summed E-state index contributed by atoms with van der Waals surface area (Å²) in [5, 5.41) is 0. The molecule has 1 aromatic rings. The highest BCUT2D eigenvalue weighted by Crippen LogP contribution is 2.02. The second-order valence-corrected chi connectivity index (χ2v) is 2.37. The van der Waals surface area contributed by atoms with E-state index in [1.54, 1.807) is 29.1 Å². The molecule has 0 bridgehead atoms. The lowest BCUT2D eigenvalue weighted by Crippen LogP contribution is -1.87. The minimum absolute atomic E-state index is 0.461. The van der Waals surface area contributed by atoms with Crippen LogP contribution in [0.1, 0.15) is 5.56 Å². The molecule has 4 heteroatoms. The van der Waals surface area contributed by atoms with Gasteiger partial charge >= 0.3 is 0 Å². The van der Waals surface area contributed by atoms with Gasteiger partial charge in [-0.25, -0.2) is 4.98 Å². The van der Waals surface area contributed by atoms with Crippen molar-refractivity contribution in [2.45, 2.75) is 6.61 Å². The van der Waals surface area contributed by atoms with Crippen LogP contribution in [0.25, 0.3) is 0 Å². The predicted molar refractivity (Wildman–Crippen MR) is 43.0 cm³/mol. The Morgan fingerprint density at radius 2 is 2.40 bits per heavy atom. The van der Waals surface area contributed by atoms with E-state index in [-0.39, 0.29) is 0 Å². The Kier molecular flexibility index (Phi) is 3.01. The number of hydrogen-bond acceptors (Lipinski definition) is 2. The summed E-state index contributed by atoms with van der Waals surface area (Å²) in [6.45, 7) is 0.466. The molecule has 0 aliphatic carbocycles. The number of halogens is 2. The van der Waals surface area contributed by atoms with E-state index in [4.69, 9.17) is 3.07 Å². The molecule has 10 heavy (non-hydrogen) atoms. The summed E-state index contributed by atoms with van der Waals surface area (Å²) in [4.78, 5) is 3.45. The average Bonchev–Trinajstić information content (AvgIpc) is 1.95. The molecule has 0 spiro atoms. The first-order valence-electron chi connectivity index (χ1n) is 2.67. The molecule has 54 valence electrons. The van der Waals surface area contributed by atoms with Gasteiger partial charge in [-0.1, -0.05) is 6.07 Å². The van der Waals surface area contributed by atoms with Crippen molar-refractivity contribution in [2.75, 3.05) is 0 Å². The normalized spacial score (nSPS) is 9.80. The third-order valence-electron chi connectivity index (χ3n) is 1.01. The fourth-order valence-corrected chi connectivity index (χ4v) is 0.914. The van der Waals surface area contributed by atoms with E-state index in [1.165, 1.54) is 12.3 Å². The van der Waals surface area contributed by atoms with E-state index in [2.05, 4.69) is 4.98 Å². The van der Waals surface area contributed by atoms with E-state index in [0.717, 1.165) is 5.56 Å². The second kappa shape index (κ2) is 3.82. The molecule has 0 radical (unpaired) electrons. The number of aromatic nitrogens is 1. The maximum absolute atomic E-state index is 12.2. The third kappa shape index (κ3) is 2.18. The largest absolute Gasteiger partial charge is 0.311 e. The fraction of sp³-hybridized carbons (Fsp3) is 0.167. The highest BCUT2D eigenvalue weighted by molar-refractivity contribution is 14.1. The Labute approximate surface area is 72.1 Å². The van der Waals surface area contributed by atoms with Crippen LogP contribution in [0.3, 0.4) is 0 Å². The van der Waals surface area contributed by atoms with Crippen molar-refractivity contribution in [3.63, 3.8) is 0 Å². The zero-order valence-corrected chi connectivity index (χ0v) is 7.21. The summed E-state index contributed by atoms with van der Waals surface area (Å²) in [6, 6.07) is 2.95. The predicted octanol–water partition coefficient (Wildman–Crippen LogP) is 2.09. The molecule has 0 saturated carbocycles. The molecule has 0 aliphatic heterocycles. The van der Waals surface area contributed by atoms with Crippen molar-refractivity contribution in [2.24, 2.45) is 0 Å². The average molecular weight is 253 g/mol. The van der Waals surface area contributed by atoms with Gasteiger partial charge in [-0.05, 0) is 11.6 Å². The van der Waals surface area contributed by atoms with Gasteiger partial charge in [0.1, 0.15) is 23.0 Å². The highest BCUT2D eigenvalue weighted by atomic mass is 127. The van der Waals surface area contributed by atoms with Crippen molar-refractivity contribution in [3.8, 4) is 0 Å². The van der Waals surface area contributed by atoms with Crippen molar-refractivity contribution in [1.82, 2.24) is 4.98 Å². The summed E-state index contributed by atoms with van der Waals surface area (Å²) in [6.07, 6.45) is 1.45. The molecule has 0 saturated heterocycles. The lowest BCUT2D eigenvalue weighted by Gasteiger charge is -1.94. The fourth-order valence-electron chi connectivity index (χ4n) is 0.555. The lowest BCUT2D eigenvalue weighted by molar-refractivity contribution is 0.416. The molecular formula is C6H5FINO. The first-order chi connectivity index (χ1) is 4.83. The molecule has 1 rings (SSSR count). The molecule has 0 N–H and O–H groups in total. The smallest absolute Gasteiger partial charge is 0.212 e. The van der Waals surface area contributed by atoms with Crippen LogP contribution in [0, 0.1) is 5.95 Å². The quantitative estimate of drug-likeness (QED) is 0.594. The zero-order valence-electron chi connectivity index (χ0n) is 5.05. The van der Waals surface area contributed by atoms with Crippen LogP contribution in [0.15, 0.2) is 18.3 Å². The van der Waals surface area contributed by atoms with Crippen molar-refractivity contribution in [1.29, 1.82) is 0 Å². The molecule has 0 aliphatic rings. The molecule has 0 unspecified atom stereocenters. The molecule has 0 aromatic carbocycles. The highest BCUT2D eigenvalue weighted by Gasteiger charge is 1.92. The van der Waals surface area contributed by atoms with Crippen LogP contribution >= 0.6 is 23.0 Å². The molecular weight excluding hydrogens is 248 g/mol. The molecule has 0 fully saturated rings. The number of nitrogens with zero attached hydrogens (tertiary/aromatic N) is 1. The van der Waals surface area contributed by atoms with Crippen LogP contribution in [0.2, 0.25) is 0 Å². The monoisotopic (exact) mass is 253 g/mol. The Hall–Kier alpha value is -0.230. The van der Waals surface area contributed by atoms with Crippen LogP contribution in [-0.4, -0.2) is 4.98 Å². The van der Waals surface area contributed by atoms with Crippen molar-refractivity contribution < 1.29 is 7.46 Å². The lowest BCUT2D eigenvalue weighted by atomic mass is 10.3. The van der Waals surface area contributed by atoms with E-state index in [0.29, 0.717) is 6.61 Å². The Morgan fingerprint density at radius 1 is 1.60 bits per heavy atom. The zero-order chi connectivity index (χ0) is 7.40. The summed E-state index contributed by atoms with van der Waals surface area (Å²) in [5.74, 6) is -0.461. The van der Waals surface area contributed by atoms with E-state index in [9.17, 15) is 4.39 Å². The van der Waals surface area contributed by atoms with Gasteiger partial charge in [0.15, 0.2) is 0 Å². The van der Waals surface area contributed by atoms with E-state index >= 15 is 0 Å². The van der Waals surface area contributed by atoms with E-state index in [1.807, 2.05) is 0 Å². The van der Waals surface area contributed by atoms with Crippen LogP contribution in [0.4, 0.5) is 4.39 Å². The maximum Gasteiger partial charge on any atom is 0.212 e. The van der Waals surface area contributed by atoms with Crippen molar-refractivity contribution in [3.05, 3.63) is 29.8 Å². The van der Waals surface area contributed by atoms with Gasteiger partial charge in [0, 0.05) is 6.20 Å². The Morgan fingerprint density at radius 3 is 2.90 bits per heavy atom. The molecule has 0 amide bonds. The Bertz CT molecular complexity index is 201. The van der Waals surface area contributed by atoms with Gasteiger partial charge in [-0.2, -0.15) is 4.39 Å². The summed E-state index contributed by atoms with van der Waals surface area (Å²) >= 11 is 1.78. The SMILES string of the molecule is Fc1ccc(COI)cn1. The number of hydrogen-bond donors (Lipinski definition) is 0. The molecule has 1 heterocycles. The van der Waals surface area contributed by atoms with Crippen molar-refractivity contribution >= 4 is 23.0 Å². The first kappa shape index (κ1) is 7.87. The minimum atomic E-state index is -0.461. The minimum Gasteiger partial charge on any atom is -0.311 e. The van der Waals surface area contributed by atoms with Crippen LogP contribution < -0.4 is 0 Å². The third-order valence-corrected chi connectivity index (χ3v) is 1.32. The number of pyridine rings is 1. The van der Waals surface area contributed by atoms with Gasteiger partial charge in [0.25, 0.3) is 0 Å². The summed E-state index contributed by atoms with van der Waals surface area (Å²) in [5.41, 5.74) is 0.871. The number of rotatable bonds is 2. The van der Waals surface area contributed by atoms with Gasteiger partial charge in [0.2, 0.25) is 5.95 Å². The summed E-state index contributed by atoms with van der Waals surface area (Å²) in [7, 11) is 0. The van der Waals surface area contributed by atoms with Crippen LogP contribution in [0.5, 0.6) is 0 Å². The standard InChI is InChI=1S/C6H5FINO/c7-6-2-1-5(3-9-6)4-10-8/h1-3H,4H2. The maximum atomic E-state index is 12.2.